The van der Waals surface area contributed by atoms with Gasteiger partial charge in [-0.1, -0.05) is 64.7 Å². The lowest BCUT2D eigenvalue weighted by molar-refractivity contribution is 0.0952. The summed E-state index contributed by atoms with van der Waals surface area (Å²) in [5.41, 5.74) is 2.16. The molecule has 1 aromatic carbocycles. The van der Waals surface area contributed by atoms with Crippen LogP contribution in [0.1, 0.15) is 132 Å². The molecule has 0 saturated carbocycles. The highest BCUT2D eigenvalue weighted by Crippen LogP contribution is 2.35. The molecule has 0 bridgehead atoms. The normalized spacial score (nSPS) is 12.1. The van der Waals surface area contributed by atoms with Crippen molar-refractivity contribution in [3.8, 4) is 11.5 Å². The summed E-state index contributed by atoms with van der Waals surface area (Å²) in [6, 6.07) is 3.25. The number of methoxy groups -OCH3 is 1. The Kier molecular flexibility index (Phi) is 26.0. The van der Waals surface area contributed by atoms with Gasteiger partial charge in [-0.25, -0.2) is 0 Å². The summed E-state index contributed by atoms with van der Waals surface area (Å²) in [5, 5.41) is 6.47. The van der Waals surface area contributed by atoms with Crippen molar-refractivity contribution < 1.29 is 44.9 Å². The molecular weight excluding hydrogens is 717 g/mol. The van der Waals surface area contributed by atoms with Crippen LogP contribution in [0.3, 0.4) is 0 Å². The highest BCUT2D eigenvalue weighted by Gasteiger charge is 2.18. The monoisotopic (exact) mass is 780 g/mol. The molecule has 1 aromatic rings. The zero-order chi connectivity index (χ0) is 37.8. The Morgan fingerprint density at radius 2 is 1.31 bits per heavy atom. The van der Waals surface area contributed by atoms with E-state index in [1.165, 1.54) is 50.6 Å². The zero-order valence-corrected chi connectivity index (χ0v) is 33.4. The van der Waals surface area contributed by atoms with Gasteiger partial charge in [-0.2, -0.15) is 29.5 Å². The number of hydrogen-bond acceptors (Lipinski definition) is 10. The first-order chi connectivity index (χ1) is 24.4. The third kappa shape index (κ3) is 25.4. The lowest BCUT2D eigenvalue weighted by Crippen LogP contribution is -2.24. The van der Waals surface area contributed by atoms with Crippen molar-refractivity contribution in [2.45, 2.75) is 122 Å². The highest BCUT2D eigenvalue weighted by atomic mass is 32.2. The first-order valence-electron chi connectivity index (χ1n) is 18.6. The number of carbonyl (C=O) groups is 1. The van der Waals surface area contributed by atoms with E-state index in [-0.39, 0.29) is 36.9 Å². The molecule has 12 nitrogen and oxygen atoms in total. The molecule has 0 aliphatic heterocycles. The summed E-state index contributed by atoms with van der Waals surface area (Å²) in [4.78, 5) is 13.2. The molecule has 4 N–H and O–H groups in total. The largest absolute Gasteiger partial charge is 0.503 e. The lowest BCUT2D eigenvalue weighted by Gasteiger charge is -2.18. The lowest BCUT2D eigenvalue weighted by atomic mass is 10.0. The first kappa shape index (κ1) is 46.8. The van der Waals surface area contributed by atoms with Crippen LogP contribution in [0.5, 0.6) is 11.5 Å². The van der Waals surface area contributed by atoms with E-state index in [1.807, 2.05) is 6.26 Å². The van der Waals surface area contributed by atoms with Crippen LogP contribution in [-0.2, 0) is 31.4 Å². The van der Waals surface area contributed by atoms with Crippen molar-refractivity contribution in [1.82, 2.24) is 10.6 Å². The molecule has 296 valence electrons. The predicted molar refractivity (Wildman–Crippen MR) is 207 cm³/mol. The number of allylic oxidation sites excluding steroid dienone is 1. The average molecular weight is 781 g/mol. The van der Waals surface area contributed by atoms with Crippen molar-refractivity contribution in [3.63, 3.8) is 0 Å². The molecule has 0 atom stereocenters. The van der Waals surface area contributed by atoms with Gasteiger partial charge >= 0.3 is 0 Å². The molecular formula is C36H64N2O10S3. The van der Waals surface area contributed by atoms with Crippen molar-refractivity contribution in [2.75, 3.05) is 50.7 Å². The number of ether oxygens (including phenoxy) is 3. The highest BCUT2D eigenvalue weighted by molar-refractivity contribution is 7.86. The Balaban J connectivity index is 2.57. The van der Waals surface area contributed by atoms with Crippen molar-refractivity contribution in [1.29, 1.82) is 0 Å². The van der Waals surface area contributed by atoms with E-state index in [1.54, 1.807) is 19.2 Å². The second-order valence-corrected chi connectivity index (χ2v) is 16.4. The van der Waals surface area contributed by atoms with Crippen molar-refractivity contribution in [3.05, 3.63) is 35.2 Å². The van der Waals surface area contributed by atoms with Gasteiger partial charge in [0, 0.05) is 24.4 Å². The molecule has 0 spiro atoms. The maximum atomic E-state index is 13.2. The fraction of sp³-hybridized carbons (Fsp3) is 0.750. The SMILES string of the molecule is CCCC/C(=C/OC)NCCCCCCCCCCCCNC(=O)c1cc(CCCCS(=O)(=O)O)c(OCCCS)c(OCCCS(=O)(=O)O)c1. The van der Waals surface area contributed by atoms with Gasteiger partial charge in [-0.3, -0.25) is 13.9 Å². The molecule has 0 aromatic heterocycles. The molecule has 0 aliphatic rings. The summed E-state index contributed by atoms with van der Waals surface area (Å²) < 4.78 is 80.0. The van der Waals surface area contributed by atoms with Gasteiger partial charge in [0.25, 0.3) is 26.1 Å². The Hall–Kier alpha value is -2.20. The number of unbranched alkanes of at least 4 members (excludes halogenated alkanes) is 11. The van der Waals surface area contributed by atoms with Gasteiger partial charge in [0.15, 0.2) is 11.5 Å². The standard InChI is InChI=1S/C36H64N2O10S3/c1-3-4-20-33(30-46-2)37-21-14-11-9-7-5-6-8-10-12-15-22-38-36(39)32-28-31(19-13-16-26-50(40,41)42)35(48-23-17-25-49)34(29-32)47-24-18-27-51(43,44)45/h28-30,37,49H,3-27H2,1-2H3,(H,38,39)(H,40,41,42)(H,43,44,45)/b33-30-. The molecule has 0 radical (unpaired) electrons. The van der Waals surface area contributed by atoms with Crippen LogP contribution in [-0.4, -0.2) is 82.5 Å². The van der Waals surface area contributed by atoms with Gasteiger partial charge in [0.1, 0.15) is 6.26 Å². The molecule has 1 rings (SSSR count). The van der Waals surface area contributed by atoms with Crippen LogP contribution in [0.25, 0.3) is 0 Å². The molecule has 0 fully saturated rings. The van der Waals surface area contributed by atoms with E-state index >= 15 is 0 Å². The first-order valence-corrected chi connectivity index (χ1v) is 22.4. The van der Waals surface area contributed by atoms with Crippen LogP contribution >= 0.6 is 12.6 Å². The fourth-order valence-corrected chi connectivity index (χ4v) is 6.61. The third-order valence-corrected chi connectivity index (χ3v) is 10.1. The molecule has 1 amide bonds. The second kappa shape index (κ2) is 28.3. The Labute approximate surface area is 313 Å². The molecule has 0 aliphatic carbocycles. The number of carbonyl (C=O) groups excluding carboxylic acids is 1. The average Bonchev–Trinajstić information content (AvgIpc) is 3.07. The van der Waals surface area contributed by atoms with Gasteiger partial charge in [-0.05, 0) is 81.2 Å². The number of hydrogen-bond donors (Lipinski definition) is 5. The number of aryl methyl sites for hydroxylation is 1. The maximum Gasteiger partial charge on any atom is 0.264 e. The van der Waals surface area contributed by atoms with Crippen molar-refractivity contribution >= 4 is 38.8 Å². The summed E-state index contributed by atoms with van der Waals surface area (Å²) in [6.45, 7) is 3.97. The van der Waals surface area contributed by atoms with E-state index in [2.05, 4.69) is 30.2 Å². The second-order valence-electron chi connectivity index (χ2n) is 12.8. The number of rotatable bonds is 33. The van der Waals surface area contributed by atoms with E-state index in [9.17, 15) is 21.6 Å². The maximum absolute atomic E-state index is 13.2. The van der Waals surface area contributed by atoms with Crippen LogP contribution in [0, 0.1) is 0 Å². The quantitative estimate of drug-likeness (QED) is 0.0212. The Morgan fingerprint density at radius 3 is 1.88 bits per heavy atom. The number of thiol groups is 1. The number of amides is 1. The summed E-state index contributed by atoms with van der Waals surface area (Å²) in [5.74, 6) is 0.0822. The van der Waals surface area contributed by atoms with Gasteiger partial charge in [-0.15, -0.1) is 0 Å². The van der Waals surface area contributed by atoms with Crippen LogP contribution in [0.15, 0.2) is 24.1 Å². The minimum atomic E-state index is -4.16. The Bertz CT molecular complexity index is 1280. The van der Waals surface area contributed by atoms with Crippen LogP contribution in [0.2, 0.25) is 0 Å². The van der Waals surface area contributed by atoms with E-state index in [0.29, 0.717) is 55.0 Å². The van der Waals surface area contributed by atoms with Gasteiger partial charge in [0.2, 0.25) is 0 Å². The molecule has 0 unspecified atom stereocenters. The third-order valence-electron chi connectivity index (χ3n) is 8.15. The molecule has 51 heavy (non-hydrogen) atoms. The molecule has 0 heterocycles. The number of benzene rings is 1. The Morgan fingerprint density at radius 1 is 0.745 bits per heavy atom. The topological polar surface area (TPSA) is 178 Å². The van der Waals surface area contributed by atoms with Gasteiger partial charge in [0.05, 0.1) is 31.8 Å². The van der Waals surface area contributed by atoms with Gasteiger partial charge < -0.3 is 24.8 Å². The number of nitrogens with one attached hydrogen (secondary N) is 2. The zero-order valence-electron chi connectivity index (χ0n) is 30.8. The smallest absolute Gasteiger partial charge is 0.264 e. The fourth-order valence-electron chi connectivity index (χ4n) is 5.43. The predicted octanol–water partition coefficient (Wildman–Crippen LogP) is 7.15. The van der Waals surface area contributed by atoms with Crippen LogP contribution < -0.4 is 20.1 Å². The van der Waals surface area contributed by atoms with Crippen molar-refractivity contribution in [2.24, 2.45) is 0 Å². The minimum Gasteiger partial charge on any atom is -0.503 e. The molecule has 0 saturated heterocycles. The molecule has 15 heteroatoms. The van der Waals surface area contributed by atoms with Crippen LogP contribution in [0.4, 0.5) is 0 Å². The van der Waals surface area contributed by atoms with E-state index < -0.39 is 26.0 Å². The summed E-state index contributed by atoms with van der Waals surface area (Å²) in [7, 11) is -6.57. The van der Waals surface area contributed by atoms with E-state index in [0.717, 1.165) is 45.1 Å². The summed E-state index contributed by atoms with van der Waals surface area (Å²) in [6.07, 6.45) is 18.3. The summed E-state index contributed by atoms with van der Waals surface area (Å²) >= 11 is 4.22. The van der Waals surface area contributed by atoms with E-state index in [4.69, 9.17) is 23.3 Å². The minimum absolute atomic E-state index is 0.0282.